The van der Waals surface area contributed by atoms with E-state index in [0.29, 0.717) is 25.0 Å². The van der Waals surface area contributed by atoms with E-state index in [0.717, 1.165) is 6.42 Å². The van der Waals surface area contributed by atoms with Gasteiger partial charge in [0.1, 0.15) is 24.1 Å². The molecule has 1 fully saturated rings. The number of nitrogens with zero attached hydrogens (tertiary/aromatic N) is 1. The van der Waals surface area contributed by atoms with Crippen LogP contribution in [0.1, 0.15) is 46.5 Å². The van der Waals surface area contributed by atoms with Crippen LogP contribution in [-0.4, -0.2) is 23.9 Å². The second-order valence-corrected chi connectivity index (χ2v) is 5.80. The summed E-state index contributed by atoms with van der Waals surface area (Å²) < 4.78 is 0. The Morgan fingerprint density at radius 2 is 2.00 bits per heavy atom. The van der Waals surface area contributed by atoms with Gasteiger partial charge < -0.3 is 4.84 Å². The number of carbonyl (C=O) groups is 2. The van der Waals surface area contributed by atoms with Crippen LogP contribution in [0.3, 0.4) is 0 Å². The zero-order valence-electron chi connectivity index (χ0n) is 12.1. The largest absolute Gasteiger partial charge is 0.392 e. The first-order valence-electron chi connectivity index (χ1n) is 6.76. The van der Waals surface area contributed by atoms with Gasteiger partial charge in [-0.25, -0.2) is 0 Å². The Morgan fingerprint density at radius 1 is 1.42 bits per heavy atom. The molecule has 1 aliphatic rings. The number of carbonyl (C=O) groups excluding carboxylic acids is 2. The number of oxime groups is 1. The lowest BCUT2D eigenvalue weighted by Gasteiger charge is -2.32. The summed E-state index contributed by atoms with van der Waals surface area (Å²) >= 11 is 0. The van der Waals surface area contributed by atoms with Gasteiger partial charge in [-0.05, 0) is 11.8 Å². The van der Waals surface area contributed by atoms with Crippen LogP contribution < -0.4 is 0 Å². The van der Waals surface area contributed by atoms with Crippen molar-refractivity contribution >= 4 is 17.3 Å². The molecule has 1 rings (SSSR count). The predicted octanol–water partition coefficient (Wildman–Crippen LogP) is 2.92. The number of ketones is 2. The molecular formula is C15H23NO3. The molecule has 106 valence electrons. The second-order valence-electron chi connectivity index (χ2n) is 5.80. The van der Waals surface area contributed by atoms with Crippen LogP contribution in [-0.2, 0) is 14.4 Å². The molecule has 0 saturated heterocycles. The summed E-state index contributed by atoms with van der Waals surface area (Å²) in [5.41, 5.74) is 0.332. The SMILES string of the molecule is C=CCO/N=C(/CCC)C1C(=O)CC(C)(C)CC1=O. The van der Waals surface area contributed by atoms with Gasteiger partial charge in [-0.1, -0.05) is 45.0 Å². The average molecular weight is 265 g/mol. The van der Waals surface area contributed by atoms with Crippen molar-refractivity contribution < 1.29 is 14.4 Å². The Bertz CT molecular complexity index is 376. The third kappa shape index (κ3) is 4.30. The minimum atomic E-state index is -0.696. The van der Waals surface area contributed by atoms with Crippen LogP contribution in [0.5, 0.6) is 0 Å². The average Bonchev–Trinajstić information content (AvgIpc) is 2.26. The van der Waals surface area contributed by atoms with Crippen molar-refractivity contribution in [2.75, 3.05) is 6.61 Å². The molecule has 0 atom stereocenters. The van der Waals surface area contributed by atoms with E-state index in [1.807, 2.05) is 20.8 Å². The Hall–Kier alpha value is -1.45. The quantitative estimate of drug-likeness (QED) is 0.244. The van der Waals surface area contributed by atoms with Gasteiger partial charge in [0.05, 0.1) is 5.71 Å². The molecule has 0 N–H and O–H groups in total. The molecule has 0 bridgehead atoms. The highest BCUT2D eigenvalue weighted by molar-refractivity contribution is 6.22. The molecule has 4 nitrogen and oxygen atoms in total. The predicted molar refractivity (Wildman–Crippen MR) is 75.0 cm³/mol. The molecule has 4 heteroatoms. The highest BCUT2D eigenvalue weighted by Gasteiger charge is 2.42. The van der Waals surface area contributed by atoms with Gasteiger partial charge in [0.15, 0.2) is 0 Å². The van der Waals surface area contributed by atoms with E-state index in [4.69, 9.17) is 4.84 Å². The lowest BCUT2D eigenvalue weighted by molar-refractivity contribution is -0.136. The van der Waals surface area contributed by atoms with E-state index < -0.39 is 5.92 Å². The van der Waals surface area contributed by atoms with Crippen LogP contribution in [0.15, 0.2) is 17.8 Å². The number of hydrogen-bond acceptors (Lipinski definition) is 4. The van der Waals surface area contributed by atoms with Gasteiger partial charge in [-0.15, -0.1) is 0 Å². The smallest absolute Gasteiger partial charge is 0.149 e. The zero-order chi connectivity index (χ0) is 14.5. The summed E-state index contributed by atoms with van der Waals surface area (Å²) in [6.45, 7) is 9.71. The first kappa shape index (κ1) is 15.6. The van der Waals surface area contributed by atoms with Crippen molar-refractivity contribution in [3.05, 3.63) is 12.7 Å². The minimum Gasteiger partial charge on any atom is -0.392 e. The molecule has 19 heavy (non-hydrogen) atoms. The first-order chi connectivity index (χ1) is 8.91. The fraction of sp³-hybridized carbons (Fsp3) is 0.667. The topological polar surface area (TPSA) is 55.7 Å². The van der Waals surface area contributed by atoms with Crippen molar-refractivity contribution in [2.45, 2.75) is 46.5 Å². The van der Waals surface area contributed by atoms with Gasteiger partial charge >= 0.3 is 0 Å². The van der Waals surface area contributed by atoms with E-state index in [9.17, 15) is 9.59 Å². The maximum absolute atomic E-state index is 12.2. The molecule has 0 aromatic heterocycles. The number of Topliss-reactive ketones (excluding diaryl/α,β-unsaturated/α-hetero) is 2. The van der Waals surface area contributed by atoms with Gasteiger partial charge in [0.2, 0.25) is 0 Å². The molecule has 1 saturated carbocycles. The third-order valence-corrected chi connectivity index (χ3v) is 3.16. The molecule has 0 aromatic carbocycles. The van der Waals surface area contributed by atoms with Gasteiger partial charge in [-0.2, -0.15) is 0 Å². The molecule has 0 aliphatic heterocycles. The molecule has 0 aromatic rings. The Morgan fingerprint density at radius 3 is 2.47 bits per heavy atom. The number of hydrogen-bond donors (Lipinski definition) is 0. The van der Waals surface area contributed by atoms with E-state index in [2.05, 4.69) is 11.7 Å². The number of rotatable bonds is 6. The van der Waals surface area contributed by atoms with E-state index in [-0.39, 0.29) is 23.6 Å². The first-order valence-corrected chi connectivity index (χ1v) is 6.76. The van der Waals surface area contributed by atoms with E-state index in [1.165, 1.54) is 0 Å². The van der Waals surface area contributed by atoms with Crippen LogP contribution in [0.4, 0.5) is 0 Å². The molecular weight excluding hydrogens is 242 g/mol. The summed E-state index contributed by atoms with van der Waals surface area (Å²) in [6, 6.07) is 0. The molecule has 0 spiro atoms. The van der Waals surface area contributed by atoms with Crippen LogP contribution in [0.2, 0.25) is 0 Å². The maximum atomic E-state index is 12.2. The van der Waals surface area contributed by atoms with Crippen LogP contribution in [0, 0.1) is 11.3 Å². The minimum absolute atomic E-state index is 0.0318. The van der Waals surface area contributed by atoms with Crippen LogP contribution >= 0.6 is 0 Å². The Kier molecular flexibility index (Phi) is 5.45. The van der Waals surface area contributed by atoms with E-state index in [1.54, 1.807) is 6.08 Å². The van der Waals surface area contributed by atoms with Crippen molar-refractivity contribution in [3.8, 4) is 0 Å². The summed E-state index contributed by atoms with van der Waals surface area (Å²) in [6.07, 6.45) is 3.87. The Balaban J connectivity index is 2.89. The molecule has 0 unspecified atom stereocenters. The Labute approximate surface area is 114 Å². The molecule has 1 aliphatic carbocycles. The third-order valence-electron chi connectivity index (χ3n) is 3.16. The van der Waals surface area contributed by atoms with Crippen molar-refractivity contribution in [1.29, 1.82) is 0 Å². The van der Waals surface area contributed by atoms with E-state index >= 15 is 0 Å². The monoisotopic (exact) mass is 265 g/mol. The lowest BCUT2D eigenvalue weighted by atomic mass is 9.70. The second kappa shape index (κ2) is 6.64. The molecule has 0 amide bonds. The highest BCUT2D eigenvalue weighted by atomic mass is 16.6. The van der Waals surface area contributed by atoms with Gasteiger partial charge in [0, 0.05) is 12.8 Å². The van der Waals surface area contributed by atoms with Crippen LogP contribution in [0.25, 0.3) is 0 Å². The van der Waals surface area contributed by atoms with Crippen molar-refractivity contribution in [3.63, 3.8) is 0 Å². The summed E-state index contributed by atoms with van der Waals surface area (Å²) in [4.78, 5) is 29.4. The molecule has 0 radical (unpaired) electrons. The highest BCUT2D eigenvalue weighted by Crippen LogP contribution is 2.34. The summed E-state index contributed by atoms with van der Waals surface area (Å²) in [7, 11) is 0. The molecule has 0 heterocycles. The fourth-order valence-electron chi connectivity index (χ4n) is 2.43. The van der Waals surface area contributed by atoms with Gasteiger partial charge in [-0.3, -0.25) is 9.59 Å². The lowest BCUT2D eigenvalue weighted by Crippen LogP contribution is -2.41. The normalized spacial score (nSPS) is 20.5. The zero-order valence-corrected chi connectivity index (χ0v) is 12.1. The van der Waals surface area contributed by atoms with Crippen molar-refractivity contribution in [2.24, 2.45) is 16.5 Å². The van der Waals surface area contributed by atoms with Crippen molar-refractivity contribution in [1.82, 2.24) is 0 Å². The standard InChI is InChI=1S/C15H23NO3/c1-5-7-11(16-19-8-6-2)14-12(17)9-15(3,4)10-13(14)18/h6,14H,2,5,7-10H2,1,3-4H3/b16-11-. The summed E-state index contributed by atoms with van der Waals surface area (Å²) in [5, 5.41) is 3.98. The fourth-order valence-corrected chi connectivity index (χ4v) is 2.43. The van der Waals surface area contributed by atoms with Gasteiger partial charge in [0.25, 0.3) is 0 Å². The summed E-state index contributed by atoms with van der Waals surface area (Å²) in [5.74, 6) is -0.760. The maximum Gasteiger partial charge on any atom is 0.149 e.